The average molecular weight is 210 g/mol. The van der Waals surface area contributed by atoms with E-state index in [4.69, 9.17) is 0 Å². The molecule has 11 heavy (non-hydrogen) atoms. The van der Waals surface area contributed by atoms with Crippen LogP contribution in [0.2, 0.25) is 0 Å². The zero-order valence-electron chi connectivity index (χ0n) is 6.05. The molecule has 1 aromatic rings. The molecule has 0 saturated heterocycles. The predicted molar refractivity (Wildman–Crippen MR) is 53.4 cm³/mol. The molecule has 0 spiro atoms. The van der Waals surface area contributed by atoms with E-state index in [-0.39, 0.29) is 0 Å². The van der Waals surface area contributed by atoms with Crippen molar-refractivity contribution >= 4 is 34.4 Å². The lowest BCUT2D eigenvalue weighted by molar-refractivity contribution is 1.50. The van der Waals surface area contributed by atoms with Crippen molar-refractivity contribution in [3.05, 3.63) is 34.8 Å². The molecule has 56 valence electrons. The summed E-state index contributed by atoms with van der Waals surface area (Å²) in [5.74, 6) is 0. The van der Waals surface area contributed by atoms with E-state index in [0.29, 0.717) is 0 Å². The highest BCUT2D eigenvalue weighted by atomic mass is 79.9. The lowest BCUT2D eigenvalue weighted by Gasteiger charge is -1.98. The van der Waals surface area contributed by atoms with Crippen LogP contribution < -0.4 is 0 Å². The number of halogens is 1. The largest absolute Gasteiger partial charge is 0.264 e. The number of nitrogens with zero attached hydrogens (tertiary/aromatic N) is 1. The molecule has 0 unspecified atom stereocenters. The number of aliphatic imine (C=N–C) groups is 1. The Morgan fingerprint density at radius 1 is 1.45 bits per heavy atom. The van der Waals surface area contributed by atoms with Gasteiger partial charge in [-0.1, -0.05) is 34.7 Å². The van der Waals surface area contributed by atoms with Crippen molar-refractivity contribution < 1.29 is 0 Å². The summed E-state index contributed by atoms with van der Waals surface area (Å²) >= 11 is 3.34. The maximum absolute atomic E-state index is 3.85. The first-order valence-corrected chi connectivity index (χ1v) is 3.96. The van der Waals surface area contributed by atoms with E-state index in [0.717, 1.165) is 15.7 Å². The van der Waals surface area contributed by atoms with Gasteiger partial charge in [0.2, 0.25) is 0 Å². The first kappa shape index (κ1) is 8.21. The van der Waals surface area contributed by atoms with Gasteiger partial charge in [0.15, 0.2) is 0 Å². The van der Waals surface area contributed by atoms with Gasteiger partial charge in [0.1, 0.15) is 0 Å². The Morgan fingerprint density at radius 3 is 2.73 bits per heavy atom. The van der Waals surface area contributed by atoms with Crippen LogP contribution in [0.15, 0.2) is 34.2 Å². The topological polar surface area (TPSA) is 12.4 Å². The van der Waals surface area contributed by atoms with E-state index in [9.17, 15) is 0 Å². The molecule has 0 aromatic heterocycles. The third kappa shape index (κ3) is 1.77. The van der Waals surface area contributed by atoms with Crippen LogP contribution in [0.4, 0.5) is 5.69 Å². The molecule has 0 fully saturated rings. The Balaban J connectivity index is 3.26. The molecule has 0 atom stereocenters. The Hall–Kier alpha value is -0.890. The number of rotatable bonds is 2. The summed E-state index contributed by atoms with van der Waals surface area (Å²) in [6.45, 7) is 7.13. The van der Waals surface area contributed by atoms with Gasteiger partial charge >= 0.3 is 0 Å². The predicted octanol–water partition coefficient (Wildman–Crippen LogP) is 3.42. The van der Waals surface area contributed by atoms with Crippen molar-refractivity contribution in [3.63, 3.8) is 0 Å². The first-order valence-electron chi connectivity index (χ1n) is 3.16. The fourth-order valence-electron chi connectivity index (χ4n) is 0.826. The Morgan fingerprint density at radius 2 is 2.18 bits per heavy atom. The zero-order chi connectivity index (χ0) is 8.27. The average Bonchev–Trinajstić information content (AvgIpc) is 2.04. The fraction of sp³-hybridized carbons (Fsp3) is 0. The van der Waals surface area contributed by atoms with Gasteiger partial charge in [-0.3, -0.25) is 4.99 Å². The Labute approximate surface area is 74.6 Å². The lowest BCUT2D eigenvalue weighted by Crippen LogP contribution is -1.72. The van der Waals surface area contributed by atoms with E-state index >= 15 is 0 Å². The van der Waals surface area contributed by atoms with Crippen molar-refractivity contribution in [2.24, 2.45) is 4.99 Å². The highest BCUT2D eigenvalue weighted by molar-refractivity contribution is 9.10. The smallest absolute Gasteiger partial charge is 0.0705 e. The van der Waals surface area contributed by atoms with Crippen LogP contribution in [0, 0.1) is 0 Å². The number of hydrogen-bond donors (Lipinski definition) is 0. The highest BCUT2D eigenvalue weighted by Crippen LogP contribution is 2.24. The van der Waals surface area contributed by atoms with Gasteiger partial charge in [0.25, 0.3) is 0 Å². The van der Waals surface area contributed by atoms with Crippen LogP contribution in [0.25, 0.3) is 6.08 Å². The number of hydrogen-bond acceptors (Lipinski definition) is 1. The van der Waals surface area contributed by atoms with E-state index in [1.165, 1.54) is 0 Å². The van der Waals surface area contributed by atoms with Gasteiger partial charge < -0.3 is 0 Å². The quantitative estimate of drug-likeness (QED) is 0.663. The third-order valence-corrected chi connectivity index (χ3v) is 1.88. The maximum Gasteiger partial charge on any atom is 0.0705 e. The summed E-state index contributed by atoms with van der Waals surface area (Å²) in [5, 5.41) is 0. The lowest BCUT2D eigenvalue weighted by atomic mass is 10.2. The van der Waals surface area contributed by atoms with Crippen LogP contribution >= 0.6 is 15.9 Å². The van der Waals surface area contributed by atoms with Crippen molar-refractivity contribution in [2.75, 3.05) is 0 Å². The van der Waals surface area contributed by atoms with E-state index in [1.807, 2.05) is 18.2 Å². The molecule has 0 N–H and O–H groups in total. The summed E-state index contributed by atoms with van der Waals surface area (Å²) < 4.78 is 1.01. The molecular formula is C9H8BrN. The van der Waals surface area contributed by atoms with Crippen LogP contribution in [0.5, 0.6) is 0 Å². The minimum absolute atomic E-state index is 0.856. The van der Waals surface area contributed by atoms with Crippen LogP contribution in [-0.2, 0) is 0 Å². The molecule has 0 radical (unpaired) electrons. The Kier molecular flexibility index (Phi) is 2.60. The van der Waals surface area contributed by atoms with Crippen molar-refractivity contribution in [3.8, 4) is 0 Å². The van der Waals surface area contributed by atoms with Crippen LogP contribution in [-0.4, -0.2) is 6.72 Å². The maximum atomic E-state index is 3.85. The van der Waals surface area contributed by atoms with Gasteiger partial charge in [-0.25, -0.2) is 0 Å². The highest BCUT2D eigenvalue weighted by Gasteiger charge is 1.95. The first-order chi connectivity index (χ1) is 5.27. The molecule has 0 heterocycles. The van der Waals surface area contributed by atoms with E-state index < -0.39 is 0 Å². The normalized spacial score (nSPS) is 9.18. The number of benzene rings is 1. The monoisotopic (exact) mass is 209 g/mol. The standard InChI is InChI=1S/C9H8BrN/c1-3-7-4-5-8(10)6-9(7)11-2/h3-6H,1-2H2. The summed E-state index contributed by atoms with van der Waals surface area (Å²) in [5.41, 5.74) is 1.86. The van der Waals surface area contributed by atoms with Crippen LogP contribution in [0.3, 0.4) is 0 Å². The molecule has 1 rings (SSSR count). The minimum atomic E-state index is 0.856. The molecular weight excluding hydrogens is 202 g/mol. The van der Waals surface area contributed by atoms with E-state index in [2.05, 4.69) is 34.2 Å². The van der Waals surface area contributed by atoms with Crippen molar-refractivity contribution in [2.45, 2.75) is 0 Å². The zero-order valence-corrected chi connectivity index (χ0v) is 7.63. The van der Waals surface area contributed by atoms with Crippen LogP contribution in [0.1, 0.15) is 5.56 Å². The van der Waals surface area contributed by atoms with Gasteiger partial charge in [0, 0.05) is 4.47 Å². The second-order valence-corrected chi connectivity index (χ2v) is 2.98. The molecule has 0 aliphatic carbocycles. The molecule has 0 bridgehead atoms. The summed E-state index contributed by atoms with van der Waals surface area (Å²) in [4.78, 5) is 3.85. The molecule has 0 aliphatic heterocycles. The summed E-state index contributed by atoms with van der Waals surface area (Å²) in [7, 11) is 0. The fourth-order valence-corrected chi connectivity index (χ4v) is 1.18. The van der Waals surface area contributed by atoms with Crippen molar-refractivity contribution in [1.29, 1.82) is 0 Å². The molecule has 0 saturated carbocycles. The molecule has 1 aromatic carbocycles. The van der Waals surface area contributed by atoms with Gasteiger partial charge in [0.05, 0.1) is 5.69 Å². The molecule has 1 nitrogen and oxygen atoms in total. The summed E-state index contributed by atoms with van der Waals surface area (Å²) in [6, 6.07) is 5.80. The second kappa shape index (κ2) is 3.49. The van der Waals surface area contributed by atoms with E-state index in [1.54, 1.807) is 6.08 Å². The van der Waals surface area contributed by atoms with Gasteiger partial charge in [-0.2, -0.15) is 0 Å². The Bertz CT molecular complexity index is 292. The van der Waals surface area contributed by atoms with Crippen molar-refractivity contribution in [1.82, 2.24) is 0 Å². The second-order valence-electron chi connectivity index (χ2n) is 2.07. The van der Waals surface area contributed by atoms with Gasteiger partial charge in [-0.15, -0.1) is 0 Å². The minimum Gasteiger partial charge on any atom is -0.264 e. The third-order valence-electron chi connectivity index (χ3n) is 1.38. The molecule has 2 heteroatoms. The summed E-state index contributed by atoms with van der Waals surface area (Å²) in [6.07, 6.45) is 1.76. The molecule has 0 aliphatic rings. The van der Waals surface area contributed by atoms with Gasteiger partial charge in [-0.05, 0) is 24.4 Å². The molecule has 0 amide bonds. The SMILES string of the molecule is C=Cc1ccc(Br)cc1N=C.